The quantitative estimate of drug-likeness (QED) is 0.562. The lowest BCUT2D eigenvalue weighted by Gasteiger charge is -1.88. The van der Waals surface area contributed by atoms with E-state index in [-0.39, 0.29) is 5.56 Å². The molecule has 0 spiro atoms. The van der Waals surface area contributed by atoms with E-state index in [0.29, 0.717) is 11.2 Å². The summed E-state index contributed by atoms with van der Waals surface area (Å²) in [5.41, 5.74) is 0.577. The third kappa shape index (κ3) is 0.739. The van der Waals surface area contributed by atoms with Gasteiger partial charge < -0.3 is 9.55 Å². The standard InChI is InChI=1S/C6H5N4O/c1-10-3-9-4-5(10)7-2-8-6(4)11/h2-3H,1H2,(H,7,8,11). The molecule has 0 saturated carbocycles. The normalized spacial score (nSPS) is 10.6. The molecule has 55 valence electrons. The first kappa shape index (κ1) is 6.09. The number of rotatable bonds is 0. The molecule has 2 rings (SSSR count). The molecule has 1 radical (unpaired) electrons. The first-order chi connectivity index (χ1) is 5.29. The average Bonchev–Trinajstić information content (AvgIpc) is 2.35. The van der Waals surface area contributed by atoms with Crippen LogP contribution in [0, 0.1) is 7.05 Å². The Morgan fingerprint density at radius 2 is 2.36 bits per heavy atom. The zero-order chi connectivity index (χ0) is 7.84. The Kier molecular flexibility index (Phi) is 1.06. The number of hydrogen-bond acceptors (Lipinski definition) is 3. The van der Waals surface area contributed by atoms with Crippen molar-refractivity contribution in [3.05, 3.63) is 30.1 Å². The number of fused-ring (bicyclic) bond motifs is 1. The van der Waals surface area contributed by atoms with E-state index in [9.17, 15) is 4.79 Å². The first-order valence-electron chi connectivity index (χ1n) is 3.00. The summed E-state index contributed by atoms with van der Waals surface area (Å²) in [5, 5.41) is 0. The lowest BCUT2D eigenvalue weighted by molar-refractivity contribution is 1.06. The Bertz CT molecular complexity index is 441. The minimum absolute atomic E-state index is 0.239. The van der Waals surface area contributed by atoms with Crippen molar-refractivity contribution in [1.29, 1.82) is 0 Å². The van der Waals surface area contributed by atoms with Crippen molar-refractivity contribution in [2.24, 2.45) is 0 Å². The molecule has 2 heterocycles. The van der Waals surface area contributed by atoms with Crippen LogP contribution in [0.25, 0.3) is 11.2 Å². The van der Waals surface area contributed by atoms with Gasteiger partial charge in [-0.15, -0.1) is 0 Å². The van der Waals surface area contributed by atoms with Crippen molar-refractivity contribution in [2.45, 2.75) is 0 Å². The molecule has 0 aliphatic carbocycles. The number of imidazole rings is 1. The van der Waals surface area contributed by atoms with Crippen LogP contribution in [0.3, 0.4) is 0 Å². The monoisotopic (exact) mass is 149 g/mol. The van der Waals surface area contributed by atoms with Gasteiger partial charge in [-0.1, -0.05) is 0 Å². The number of nitrogens with zero attached hydrogens (tertiary/aromatic N) is 3. The maximum absolute atomic E-state index is 11.0. The highest BCUT2D eigenvalue weighted by molar-refractivity contribution is 5.68. The van der Waals surface area contributed by atoms with Gasteiger partial charge in [0.15, 0.2) is 11.2 Å². The van der Waals surface area contributed by atoms with Gasteiger partial charge in [-0.2, -0.15) is 0 Å². The minimum Gasteiger partial charge on any atom is -0.313 e. The smallest absolute Gasteiger partial charge is 0.278 e. The van der Waals surface area contributed by atoms with Crippen LogP contribution in [0.4, 0.5) is 0 Å². The summed E-state index contributed by atoms with van der Waals surface area (Å²) in [6, 6.07) is 0. The molecule has 5 nitrogen and oxygen atoms in total. The van der Waals surface area contributed by atoms with Gasteiger partial charge in [0, 0.05) is 7.05 Å². The van der Waals surface area contributed by atoms with Crippen molar-refractivity contribution < 1.29 is 0 Å². The SMILES string of the molecule is [CH2]n1cnc2c(=O)[nH]cnc21. The number of H-pyrrole nitrogens is 1. The molecule has 0 unspecified atom stereocenters. The fraction of sp³-hybridized carbons (Fsp3) is 0. The van der Waals surface area contributed by atoms with Gasteiger partial charge in [-0.25, -0.2) is 9.97 Å². The van der Waals surface area contributed by atoms with Gasteiger partial charge in [-0.3, -0.25) is 4.79 Å². The zero-order valence-corrected chi connectivity index (χ0v) is 5.61. The Morgan fingerprint density at radius 3 is 3.09 bits per heavy atom. The van der Waals surface area contributed by atoms with E-state index in [1.54, 1.807) is 0 Å². The van der Waals surface area contributed by atoms with Gasteiger partial charge in [0.25, 0.3) is 5.56 Å². The van der Waals surface area contributed by atoms with Crippen molar-refractivity contribution >= 4 is 11.2 Å². The van der Waals surface area contributed by atoms with Crippen molar-refractivity contribution in [3.63, 3.8) is 0 Å². The second-order valence-corrected chi connectivity index (χ2v) is 2.12. The molecule has 0 aromatic carbocycles. The Balaban J connectivity index is 3.06. The van der Waals surface area contributed by atoms with Crippen LogP contribution in [0.2, 0.25) is 0 Å². The molecule has 5 heteroatoms. The molecule has 2 aromatic heterocycles. The summed E-state index contributed by atoms with van der Waals surface area (Å²) in [6.07, 6.45) is 2.78. The molecule has 11 heavy (non-hydrogen) atoms. The Hall–Kier alpha value is -1.65. The Morgan fingerprint density at radius 1 is 1.55 bits per heavy atom. The summed E-state index contributed by atoms with van der Waals surface area (Å²) in [4.78, 5) is 21.1. The van der Waals surface area contributed by atoms with Crippen LogP contribution >= 0.6 is 0 Å². The van der Waals surface area contributed by atoms with Gasteiger partial charge in [0.2, 0.25) is 0 Å². The van der Waals surface area contributed by atoms with Crippen LogP contribution < -0.4 is 5.56 Å². The zero-order valence-electron chi connectivity index (χ0n) is 5.61. The lowest BCUT2D eigenvalue weighted by Crippen LogP contribution is -2.06. The first-order valence-corrected chi connectivity index (χ1v) is 3.00. The van der Waals surface area contributed by atoms with E-state index in [1.165, 1.54) is 17.2 Å². The molecule has 1 N–H and O–H groups in total. The second-order valence-electron chi connectivity index (χ2n) is 2.12. The highest BCUT2D eigenvalue weighted by Gasteiger charge is 2.02. The van der Waals surface area contributed by atoms with Crippen LogP contribution in [0.5, 0.6) is 0 Å². The molecule has 0 aliphatic heterocycles. The maximum Gasteiger partial charge on any atom is 0.278 e. The minimum atomic E-state index is -0.239. The molecule has 0 atom stereocenters. The molecular weight excluding hydrogens is 144 g/mol. The van der Waals surface area contributed by atoms with Crippen molar-refractivity contribution in [2.75, 3.05) is 0 Å². The molecule has 0 bridgehead atoms. The average molecular weight is 149 g/mol. The predicted octanol–water partition coefficient (Wildman–Crippen LogP) is -0.241. The van der Waals surface area contributed by atoms with Gasteiger partial charge >= 0.3 is 0 Å². The maximum atomic E-state index is 11.0. The Labute approximate surface area is 61.7 Å². The van der Waals surface area contributed by atoms with Crippen LogP contribution in [-0.2, 0) is 0 Å². The van der Waals surface area contributed by atoms with Gasteiger partial charge in [0.1, 0.15) is 0 Å². The third-order valence-corrected chi connectivity index (χ3v) is 1.41. The highest BCUT2D eigenvalue weighted by atomic mass is 16.1. The summed E-state index contributed by atoms with van der Waals surface area (Å²) in [7, 11) is 3.59. The fourth-order valence-corrected chi connectivity index (χ4v) is 0.892. The van der Waals surface area contributed by atoms with Gasteiger partial charge in [-0.05, 0) is 0 Å². The number of aromatic amines is 1. The van der Waals surface area contributed by atoms with Crippen LogP contribution in [0.1, 0.15) is 0 Å². The summed E-state index contributed by atoms with van der Waals surface area (Å²) >= 11 is 0. The number of hydrogen-bond donors (Lipinski definition) is 1. The van der Waals surface area contributed by atoms with Crippen molar-refractivity contribution in [1.82, 2.24) is 19.5 Å². The molecule has 2 aromatic rings. The molecule has 0 saturated heterocycles. The van der Waals surface area contributed by atoms with Gasteiger partial charge in [0.05, 0.1) is 12.7 Å². The fourth-order valence-electron chi connectivity index (χ4n) is 0.892. The van der Waals surface area contributed by atoms with E-state index < -0.39 is 0 Å². The van der Waals surface area contributed by atoms with Crippen LogP contribution in [0.15, 0.2) is 17.4 Å². The summed E-state index contributed by atoms with van der Waals surface area (Å²) < 4.78 is 1.45. The molecule has 0 fully saturated rings. The van der Waals surface area contributed by atoms with Crippen molar-refractivity contribution in [3.8, 4) is 0 Å². The van der Waals surface area contributed by atoms with E-state index in [4.69, 9.17) is 0 Å². The third-order valence-electron chi connectivity index (χ3n) is 1.41. The lowest BCUT2D eigenvalue weighted by atomic mass is 10.5. The number of aromatic nitrogens is 4. The molecule has 0 aliphatic rings. The highest BCUT2D eigenvalue weighted by Crippen LogP contribution is 1.99. The topological polar surface area (TPSA) is 63.6 Å². The molecular formula is C6H5N4O. The van der Waals surface area contributed by atoms with E-state index in [1.807, 2.05) is 0 Å². The van der Waals surface area contributed by atoms with E-state index in [0.717, 1.165) is 0 Å². The second kappa shape index (κ2) is 1.91. The molecule has 0 amide bonds. The summed E-state index contributed by atoms with van der Waals surface area (Å²) in [5.74, 6) is 0. The van der Waals surface area contributed by atoms with Crippen LogP contribution in [-0.4, -0.2) is 19.5 Å². The summed E-state index contributed by atoms with van der Waals surface area (Å²) in [6.45, 7) is 0. The largest absolute Gasteiger partial charge is 0.313 e. The van der Waals surface area contributed by atoms with E-state index in [2.05, 4.69) is 22.0 Å². The van der Waals surface area contributed by atoms with E-state index >= 15 is 0 Å². The number of nitrogens with one attached hydrogen (secondary N) is 1. The predicted molar refractivity (Wildman–Crippen MR) is 38.9 cm³/mol.